The average molecular weight is 504 g/mol. The fourth-order valence-corrected chi connectivity index (χ4v) is 3.69. The molecule has 2 N–H and O–H groups in total. The minimum absolute atomic E-state index is 0.0964. The largest absolute Gasteiger partial charge is 0.506 e. The van der Waals surface area contributed by atoms with E-state index in [1.165, 1.54) is 18.2 Å². The predicted octanol–water partition coefficient (Wildman–Crippen LogP) is 5.88. The van der Waals surface area contributed by atoms with E-state index in [1.807, 2.05) is 36.4 Å². The van der Waals surface area contributed by atoms with Crippen molar-refractivity contribution in [3.63, 3.8) is 0 Å². The van der Waals surface area contributed by atoms with E-state index in [0.717, 1.165) is 22.2 Å². The Balaban J connectivity index is 1.42. The number of rotatable bonds is 7. The standard InChI is InChI=1S/C26H18BrNO5/c27-18-13-21(25(30)22(14-18)26(31)32)24(29)12-7-16-5-10-20(11-6-16)33-15-19-9-8-17-3-1-2-4-23(17)28-19/h1-14,30H,15H2,(H,31,32). The Kier molecular flexibility index (Phi) is 6.51. The van der Waals surface area contributed by atoms with E-state index in [2.05, 4.69) is 20.9 Å². The number of carbonyl (C=O) groups excluding carboxylic acids is 1. The molecule has 0 aliphatic carbocycles. The Labute approximate surface area is 197 Å². The molecular formula is C26H18BrNO5. The summed E-state index contributed by atoms with van der Waals surface area (Å²) >= 11 is 3.16. The van der Waals surface area contributed by atoms with Crippen molar-refractivity contribution >= 4 is 44.7 Å². The lowest BCUT2D eigenvalue weighted by Gasteiger charge is -2.07. The van der Waals surface area contributed by atoms with Crippen LogP contribution >= 0.6 is 15.9 Å². The molecule has 0 radical (unpaired) electrons. The number of para-hydroxylation sites is 1. The van der Waals surface area contributed by atoms with Gasteiger partial charge in [0.25, 0.3) is 0 Å². The van der Waals surface area contributed by atoms with E-state index in [4.69, 9.17) is 9.84 Å². The molecule has 1 heterocycles. The summed E-state index contributed by atoms with van der Waals surface area (Å²) < 4.78 is 6.19. The number of aromatic hydroxyl groups is 1. The number of phenols is 1. The third-order valence-corrected chi connectivity index (χ3v) is 5.38. The molecule has 1 aromatic heterocycles. The number of hydrogen-bond donors (Lipinski definition) is 2. The van der Waals surface area contributed by atoms with E-state index in [0.29, 0.717) is 16.8 Å². The molecule has 0 aliphatic rings. The zero-order valence-corrected chi connectivity index (χ0v) is 18.8. The van der Waals surface area contributed by atoms with Crippen LogP contribution in [0.2, 0.25) is 0 Å². The highest BCUT2D eigenvalue weighted by Gasteiger charge is 2.18. The quantitative estimate of drug-likeness (QED) is 0.241. The van der Waals surface area contributed by atoms with Gasteiger partial charge in [-0.15, -0.1) is 0 Å². The maximum atomic E-state index is 12.5. The molecule has 3 aromatic carbocycles. The molecule has 0 aliphatic heterocycles. The first-order chi connectivity index (χ1) is 15.9. The van der Waals surface area contributed by atoms with Crippen LogP contribution in [0.3, 0.4) is 0 Å². The van der Waals surface area contributed by atoms with E-state index in [-0.39, 0.29) is 11.1 Å². The number of aromatic nitrogens is 1. The van der Waals surface area contributed by atoms with E-state index in [1.54, 1.807) is 30.3 Å². The number of ketones is 1. The molecule has 0 bridgehead atoms. The van der Waals surface area contributed by atoms with Crippen LogP contribution in [0, 0.1) is 0 Å². The Bertz CT molecular complexity index is 1380. The van der Waals surface area contributed by atoms with Crippen molar-refractivity contribution < 1.29 is 24.5 Å². The second-order valence-electron chi connectivity index (χ2n) is 7.21. The molecular weight excluding hydrogens is 486 g/mol. The molecule has 4 aromatic rings. The highest BCUT2D eigenvalue weighted by Crippen LogP contribution is 2.28. The Morgan fingerprint density at radius 2 is 1.70 bits per heavy atom. The molecule has 33 heavy (non-hydrogen) atoms. The molecule has 4 rings (SSSR count). The Morgan fingerprint density at radius 3 is 2.45 bits per heavy atom. The van der Waals surface area contributed by atoms with Gasteiger partial charge in [-0.05, 0) is 48.0 Å². The van der Waals surface area contributed by atoms with Gasteiger partial charge >= 0.3 is 5.97 Å². The highest BCUT2D eigenvalue weighted by molar-refractivity contribution is 9.10. The number of carbonyl (C=O) groups is 2. The highest BCUT2D eigenvalue weighted by atomic mass is 79.9. The van der Waals surface area contributed by atoms with Crippen LogP contribution in [0.1, 0.15) is 32.0 Å². The summed E-state index contributed by atoms with van der Waals surface area (Å²) in [5.41, 5.74) is 2.03. The van der Waals surface area contributed by atoms with Crippen LogP contribution < -0.4 is 4.74 Å². The smallest absolute Gasteiger partial charge is 0.339 e. The summed E-state index contributed by atoms with van der Waals surface area (Å²) in [7, 11) is 0. The molecule has 0 saturated carbocycles. The summed E-state index contributed by atoms with van der Waals surface area (Å²) in [5.74, 6) is -1.74. The molecule has 0 saturated heterocycles. The van der Waals surface area contributed by atoms with Crippen LogP contribution in [0.4, 0.5) is 0 Å². The van der Waals surface area contributed by atoms with Crippen LogP contribution in [-0.2, 0) is 6.61 Å². The maximum Gasteiger partial charge on any atom is 0.339 e. The average Bonchev–Trinajstić information content (AvgIpc) is 2.82. The number of carboxylic acid groups (broad SMARTS) is 1. The topological polar surface area (TPSA) is 96.7 Å². The van der Waals surface area contributed by atoms with Crippen LogP contribution in [0.15, 0.2) is 83.3 Å². The van der Waals surface area contributed by atoms with Gasteiger partial charge in [0.05, 0.1) is 16.8 Å². The summed E-state index contributed by atoms with van der Waals surface area (Å²) in [4.78, 5) is 28.3. The summed E-state index contributed by atoms with van der Waals surface area (Å²) in [5, 5.41) is 20.4. The fourth-order valence-electron chi connectivity index (χ4n) is 3.23. The normalized spacial score (nSPS) is 11.1. The maximum absolute atomic E-state index is 12.5. The molecule has 0 fully saturated rings. The van der Waals surface area contributed by atoms with Gasteiger partial charge in [0.2, 0.25) is 0 Å². The van der Waals surface area contributed by atoms with Gasteiger partial charge in [0.15, 0.2) is 5.78 Å². The van der Waals surface area contributed by atoms with Crippen molar-refractivity contribution in [1.82, 2.24) is 4.98 Å². The first kappa shape index (κ1) is 22.2. The van der Waals surface area contributed by atoms with Gasteiger partial charge in [-0.1, -0.05) is 58.4 Å². The van der Waals surface area contributed by atoms with Gasteiger partial charge in [-0.2, -0.15) is 0 Å². The van der Waals surface area contributed by atoms with Crippen LogP contribution in [0.25, 0.3) is 17.0 Å². The molecule has 7 heteroatoms. The van der Waals surface area contributed by atoms with Crippen molar-refractivity contribution in [2.45, 2.75) is 6.61 Å². The Morgan fingerprint density at radius 1 is 0.970 bits per heavy atom. The van der Waals surface area contributed by atoms with Crippen molar-refractivity contribution in [1.29, 1.82) is 0 Å². The fraction of sp³-hybridized carbons (Fsp3) is 0.0385. The SMILES string of the molecule is O=C(O)c1cc(Br)cc(C(=O)C=Cc2ccc(OCc3ccc4ccccc4n3)cc2)c1O. The zero-order valence-electron chi connectivity index (χ0n) is 17.2. The van der Waals surface area contributed by atoms with Gasteiger partial charge in [0.1, 0.15) is 23.7 Å². The van der Waals surface area contributed by atoms with E-state index in [9.17, 15) is 14.7 Å². The molecule has 6 nitrogen and oxygen atoms in total. The second kappa shape index (κ2) is 9.67. The number of pyridine rings is 1. The first-order valence-corrected chi connectivity index (χ1v) is 10.8. The number of carboxylic acids is 1. The monoisotopic (exact) mass is 503 g/mol. The number of benzene rings is 3. The third kappa shape index (κ3) is 5.27. The number of halogens is 1. The molecule has 0 unspecified atom stereocenters. The zero-order chi connectivity index (χ0) is 23.4. The summed E-state index contributed by atoms with van der Waals surface area (Å²) in [6, 6.07) is 21.6. The second-order valence-corrected chi connectivity index (χ2v) is 8.12. The van der Waals surface area contributed by atoms with E-state index >= 15 is 0 Å². The van der Waals surface area contributed by atoms with Crippen LogP contribution in [-0.4, -0.2) is 26.9 Å². The van der Waals surface area contributed by atoms with Crippen molar-refractivity contribution in [2.24, 2.45) is 0 Å². The molecule has 164 valence electrons. The number of hydrogen-bond acceptors (Lipinski definition) is 5. The molecule has 0 atom stereocenters. The number of aromatic carboxylic acids is 1. The minimum Gasteiger partial charge on any atom is -0.506 e. The number of fused-ring (bicyclic) bond motifs is 1. The van der Waals surface area contributed by atoms with Gasteiger partial charge < -0.3 is 14.9 Å². The molecule has 0 spiro atoms. The van der Waals surface area contributed by atoms with Gasteiger partial charge in [-0.3, -0.25) is 4.79 Å². The van der Waals surface area contributed by atoms with Gasteiger partial charge in [0, 0.05) is 9.86 Å². The lowest BCUT2D eigenvalue weighted by Crippen LogP contribution is -2.03. The number of allylic oxidation sites excluding steroid dienone is 1. The molecule has 0 amide bonds. The number of nitrogens with zero attached hydrogens (tertiary/aromatic N) is 1. The summed E-state index contributed by atoms with van der Waals surface area (Å²) in [6.45, 7) is 0.326. The minimum atomic E-state index is -1.32. The van der Waals surface area contributed by atoms with E-state index < -0.39 is 17.5 Å². The predicted molar refractivity (Wildman–Crippen MR) is 129 cm³/mol. The van der Waals surface area contributed by atoms with Crippen molar-refractivity contribution in [2.75, 3.05) is 0 Å². The van der Waals surface area contributed by atoms with Crippen molar-refractivity contribution in [3.05, 3.63) is 106 Å². The Hall–Kier alpha value is -3.97. The lowest BCUT2D eigenvalue weighted by molar-refractivity contribution is 0.0693. The van der Waals surface area contributed by atoms with Crippen LogP contribution in [0.5, 0.6) is 11.5 Å². The summed E-state index contributed by atoms with van der Waals surface area (Å²) in [6.07, 6.45) is 2.86. The van der Waals surface area contributed by atoms with Gasteiger partial charge in [-0.25, -0.2) is 9.78 Å². The lowest BCUT2D eigenvalue weighted by atomic mass is 10.0. The number of ether oxygens (including phenoxy) is 1. The first-order valence-electron chi connectivity index (χ1n) is 9.96. The van der Waals surface area contributed by atoms with Crippen molar-refractivity contribution in [3.8, 4) is 11.5 Å². The third-order valence-electron chi connectivity index (χ3n) is 4.92.